The largest absolute Gasteiger partial charge is 0.286 e. The SMILES string of the molecule is O=S(=O)(O)CCN1CSCC1c1ccccc1. The molecule has 1 unspecified atom stereocenters. The fourth-order valence-corrected chi connectivity index (χ4v) is 3.65. The molecule has 94 valence electrons. The van der Waals surface area contributed by atoms with Crippen LogP contribution >= 0.6 is 11.8 Å². The molecule has 1 heterocycles. The summed E-state index contributed by atoms with van der Waals surface area (Å²) in [5.74, 6) is 1.58. The summed E-state index contributed by atoms with van der Waals surface area (Å²) in [6.07, 6.45) is 0. The molecule has 0 saturated carbocycles. The average Bonchev–Trinajstić information content (AvgIpc) is 2.75. The van der Waals surface area contributed by atoms with Crippen molar-refractivity contribution < 1.29 is 13.0 Å². The Labute approximate surface area is 106 Å². The Hall–Kier alpha value is -0.560. The first-order valence-electron chi connectivity index (χ1n) is 5.38. The van der Waals surface area contributed by atoms with Crippen molar-refractivity contribution in [2.24, 2.45) is 0 Å². The van der Waals surface area contributed by atoms with E-state index in [1.807, 2.05) is 18.2 Å². The van der Waals surface area contributed by atoms with E-state index in [4.69, 9.17) is 4.55 Å². The van der Waals surface area contributed by atoms with Gasteiger partial charge < -0.3 is 0 Å². The molecule has 4 nitrogen and oxygen atoms in total. The molecule has 1 saturated heterocycles. The molecule has 1 N–H and O–H groups in total. The van der Waals surface area contributed by atoms with Crippen LogP contribution in [-0.2, 0) is 10.1 Å². The van der Waals surface area contributed by atoms with Crippen LogP contribution in [-0.4, -0.2) is 41.8 Å². The molecule has 0 aliphatic carbocycles. The van der Waals surface area contributed by atoms with E-state index in [1.165, 1.54) is 5.56 Å². The highest BCUT2D eigenvalue weighted by molar-refractivity contribution is 7.99. The van der Waals surface area contributed by atoms with Crippen molar-refractivity contribution in [2.45, 2.75) is 6.04 Å². The lowest BCUT2D eigenvalue weighted by Gasteiger charge is -2.23. The second kappa shape index (κ2) is 5.39. The molecule has 0 bridgehead atoms. The van der Waals surface area contributed by atoms with Crippen LogP contribution in [0, 0.1) is 0 Å². The Morgan fingerprint density at radius 3 is 2.71 bits per heavy atom. The smallest absolute Gasteiger partial charge is 0.266 e. The van der Waals surface area contributed by atoms with Gasteiger partial charge in [-0.25, -0.2) is 0 Å². The zero-order valence-corrected chi connectivity index (χ0v) is 11.0. The molecule has 1 aliphatic rings. The monoisotopic (exact) mass is 273 g/mol. The molecule has 1 atom stereocenters. The van der Waals surface area contributed by atoms with Gasteiger partial charge in [-0.3, -0.25) is 9.45 Å². The molecular weight excluding hydrogens is 258 g/mol. The fourth-order valence-electron chi connectivity index (χ4n) is 1.91. The molecule has 1 aliphatic heterocycles. The van der Waals surface area contributed by atoms with Gasteiger partial charge in [-0.2, -0.15) is 8.42 Å². The Morgan fingerprint density at radius 1 is 1.35 bits per heavy atom. The van der Waals surface area contributed by atoms with Crippen LogP contribution in [0.15, 0.2) is 30.3 Å². The van der Waals surface area contributed by atoms with E-state index >= 15 is 0 Å². The molecular formula is C11H15NO3S2. The third-order valence-corrected chi connectivity index (χ3v) is 4.56. The Kier molecular flexibility index (Phi) is 4.09. The van der Waals surface area contributed by atoms with Crippen molar-refractivity contribution in [3.05, 3.63) is 35.9 Å². The topological polar surface area (TPSA) is 57.6 Å². The molecule has 1 fully saturated rings. The van der Waals surface area contributed by atoms with Crippen LogP contribution in [0.4, 0.5) is 0 Å². The summed E-state index contributed by atoms with van der Waals surface area (Å²) in [5, 5.41) is 0. The predicted molar refractivity (Wildman–Crippen MR) is 69.6 cm³/mol. The molecule has 6 heteroatoms. The van der Waals surface area contributed by atoms with Gasteiger partial charge in [-0.1, -0.05) is 30.3 Å². The number of hydrogen-bond donors (Lipinski definition) is 1. The van der Waals surface area contributed by atoms with Crippen LogP contribution < -0.4 is 0 Å². The molecule has 1 aromatic rings. The highest BCUT2D eigenvalue weighted by Gasteiger charge is 2.26. The molecule has 0 aromatic heterocycles. The highest BCUT2D eigenvalue weighted by atomic mass is 32.2. The minimum Gasteiger partial charge on any atom is -0.286 e. The van der Waals surface area contributed by atoms with E-state index < -0.39 is 10.1 Å². The number of thioether (sulfide) groups is 1. The third kappa shape index (κ3) is 3.70. The lowest BCUT2D eigenvalue weighted by molar-refractivity contribution is 0.282. The lowest BCUT2D eigenvalue weighted by Crippen LogP contribution is -2.29. The summed E-state index contributed by atoms with van der Waals surface area (Å²) >= 11 is 1.79. The highest BCUT2D eigenvalue weighted by Crippen LogP contribution is 2.32. The minimum absolute atomic E-state index is 0.198. The number of benzene rings is 1. The Balaban J connectivity index is 2.03. The number of hydrogen-bond acceptors (Lipinski definition) is 4. The zero-order chi connectivity index (χ0) is 12.3. The summed E-state index contributed by atoms with van der Waals surface area (Å²) < 4.78 is 30.3. The Bertz CT molecular complexity index is 461. The summed E-state index contributed by atoms with van der Waals surface area (Å²) in [6, 6.07) is 10.3. The van der Waals surface area contributed by atoms with Gasteiger partial charge in [-0.05, 0) is 5.56 Å². The van der Waals surface area contributed by atoms with E-state index in [-0.39, 0.29) is 11.8 Å². The summed E-state index contributed by atoms with van der Waals surface area (Å²) in [4.78, 5) is 2.09. The minimum atomic E-state index is -3.87. The maximum atomic E-state index is 10.8. The summed E-state index contributed by atoms with van der Waals surface area (Å²) in [7, 11) is -3.87. The fraction of sp³-hybridized carbons (Fsp3) is 0.455. The van der Waals surface area contributed by atoms with E-state index in [9.17, 15) is 8.42 Å². The second-order valence-electron chi connectivity index (χ2n) is 4.02. The van der Waals surface area contributed by atoms with Gasteiger partial charge in [0.25, 0.3) is 10.1 Å². The first-order valence-corrected chi connectivity index (χ1v) is 8.14. The normalized spacial score (nSPS) is 21.8. The quantitative estimate of drug-likeness (QED) is 0.845. The van der Waals surface area contributed by atoms with Crippen molar-refractivity contribution in [1.29, 1.82) is 0 Å². The van der Waals surface area contributed by atoms with Crippen LogP contribution in [0.2, 0.25) is 0 Å². The number of nitrogens with zero attached hydrogens (tertiary/aromatic N) is 1. The maximum Gasteiger partial charge on any atom is 0.266 e. The van der Waals surface area contributed by atoms with Gasteiger partial charge in [0.15, 0.2) is 0 Å². The van der Waals surface area contributed by atoms with Crippen LogP contribution in [0.3, 0.4) is 0 Å². The van der Waals surface area contributed by atoms with Crippen molar-refractivity contribution >= 4 is 21.9 Å². The molecule has 2 rings (SSSR count). The summed E-state index contributed by atoms with van der Waals surface area (Å²) in [6.45, 7) is 0.380. The standard InChI is InChI=1S/C11H15NO3S2/c13-17(14,15)7-6-12-9-16-8-11(12)10-4-2-1-3-5-10/h1-5,11H,6-9H2,(H,13,14,15). The molecule has 17 heavy (non-hydrogen) atoms. The molecule has 1 aromatic carbocycles. The van der Waals surface area contributed by atoms with E-state index in [0.717, 1.165) is 11.6 Å². The second-order valence-corrected chi connectivity index (χ2v) is 6.60. The van der Waals surface area contributed by atoms with Gasteiger partial charge in [0, 0.05) is 24.2 Å². The Morgan fingerprint density at radius 2 is 2.06 bits per heavy atom. The van der Waals surface area contributed by atoms with Crippen molar-refractivity contribution in [1.82, 2.24) is 4.90 Å². The first kappa shape index (κ1) is 12.9. The van der Waals surface area contributed by atoms with E-state index in [0.29, 0.717) is 6.54 Å². The van der Waals surface area contributed by atoms with Crippen LogP contribution in [0.1, 0.15) is 11.6 Å². The van der Waals surface area contributed by atoms with Crippen LogP contribution in [0.5, 0.6) is 0 Å². The predicted octanol–water partition coefficient (Wildman–Crippen LogP) is 1.62. The zero-order valence-electron chi connectivity index (χ0n) is 9.32. The van der Waals surface area contributed by atoms with E-state index in [2.05, 4.69) is 17.0 Å². The van der Waals surface area contributed by atoms with Crippen molar-refractivity contribution in [3.63, 3.8) is 0 Å². The number of rotatable bonds is 4. The van der Waals surface area contributed by atoms with Crippen molar-refractivity contribution in [2.75, 3.05) is 23.9 Å². The van der Waals surface area contributed by atoms with Gasteiger partial charge >= 0.3 is 0 Å². The van der Waals surface area contributed by atoms with Gasteiger partial charge in [0.2, 0.25) is 0 Å². The van der Waals surface area contributed by atoms with Crippen molar-refractivity contribution in [3.8, 4) is 0 Å². The molecule has 0 amide bonds. The molecule has 0 radical (unpaired) electrons. The average molecular weight is 273 g/mol. The summed E-state index contributed by atoms with van der Waals surface area (Å²) in [5.41, 5.74) is 1.20. The van der Waals surface area contributed by atoms with E-state index in [1.54, 1.807) is 11.8 Å². The van der Waals surface area contributed by atoms with Gasteiger partial charge in [0.05, 0.1) is 5.75 Å². The third-order valence-electron chi connectivity index (χ3n) is 2.79. The van der Waals surface area contributed by atoms with Gasteiger partial charge in [0.1, 0.15) is 0 Å². The molecule has 0 spiro atoms. The maximum absolute atomic E-state index is 10.8. The van der Waals surface area contributed by atoms with Gasteiger partial charge in [-0.15, -0.1) is 11.8 Å². The van der Waals surface area contributed by atoms with Crippen LogP contribution in [0.25, 0.3) is 0 Å². The first-order chi connectivity index (χ1) is 8.06. The lowest BCUT2D eigenvalue weighted by atomic mass is 10.1.